The Kier molecular flexibility index (Phi) is 4.76. The van der Waals surface area contributed by atoms with Crippen LogP contribution in [0.4, 0.5) is 13.2 Å². The number of halogens is 3. The summed E-state index contributed by atoms with van der Waals surface area (Å²) in [5.41, 5.74) is -0.626. The van der Waals surface area contributed by atoms with Crippen molar-refractivity contribution in [2.24, 2.45) is 0 Å². The summed E-state index contributed by atoms with van der Waals surface area (Å²) in [7, 11) is -3.45. The average Bonchev–Trinajstić information content (AvgIpc) is 3.18. The predicted molar refractivity (Wildman–Crippen MR) is 69.8 cm³/mol. The Morgan fingerprint density at radius 1 is 1.35 bits per heavy atom. The number of rotatable bonds is 6. The second kappa shape index (κ2) is 6.03. The molecule has 2 aliphatic rings. The van der Waals surface area contributed by atoms with E-state index in [1.54, 1.807) is 0 Å². The molecule has 116 valence electrons. The van der Waals surface area contributed by atoms with E-state index in [2.05, 4.69) is 5.32 Å². The fourth-order valence-electron chi connectivity index (χ4n) is 2.14. The minimum Gasteiger partial charge on any atom is -0.314 e. The Bertz CT molecular complexity index is 470. The lowest BCUT2D eigenvalue weighted by Gasteiger charge is -2.26. The number of alkyl halides is 3. The molecule has 8 heteroatoms. The van der Waals surface area contributed by atoms with E-state index in [1.165, 1.54) is 0 Å². The Hall–Kier alpha value is -0.600. The van der Waals surface area contributed by atoms with Gasteiger partial charge in [-0.2, -0.15) is 17.5 Å². The third kappa shape index (κ3) is 4.46. The van der Waals surface area contributed by atoms with Crippen LogP contribution >= 0.6 is 0 Å². The summed E-state index contributed by atoms with van der Waals surface area (Å²) in [6.45, 7) is 0.387. The van der Waals surface area contributed by atoms with Crippen LogP contribution in [-0.2, 0) is 10.0 Å². The maximum absolute atomic E-state index is 12.5. The molecule has 1 aliphatic heterocycles. The van der Waals surface area contributed by atoms with E-state index >= 15 is 0 Å². The van der Waals surface area contributed by atoms with Crippen molar-refractivity contribution < 1.29 is 21.6 Å². The van der Waals surface area contributed by atoms with Crippen molar-refractivity contribution in [3.05, 3.63) is 11.6 Å². The quantitative estimate of drug-likeness (QED) is 0.599. The smallest absolute Gasteiger partial charge is 0.314 e. The van der Waals surface area contributed by atoms with Gasteiger partial charge in [0.15, 0.2) is 0 Å². The maximum atomic E-state index is 12.5. The van der Waals surface area contributed by atoms with E-state index in [0.29, 0.717) is 19.0 Å². The lowest BCUT2D eigenvalue weighted by atomic mass is 10.1. The van der Waals surface area contributed by atoms with Gasteiger partial charge in [0.2, 0.25) is 10.0 Å². The number of hydrogen-bond acceptors (Lipinski definition) is 3. The summed E-state index contributed by atoms with van der Waals surface area (Å²) < 4.78 is 62.5. The van der Waals surface area contributed by atoms with Crippen LogP contribution in [-0.4, -0.2) is 50.3 Å². The Morgan fingerprint density at radius 3 is 2.55 bits per heavy atom. The highest BCUT2D eigenvalue weighted by Gasteiger charge is 2.36. The first kappa shape index (κ1) is 15.8. The number of sulfonamides is 1. The predicted octanol–water partition coefficient (Wildman–Crippen LogP) is 1.65. The van der Waals surface area contributed by atoms with Gasteiger partial charge in [-0.25, -0.2) is 8.42 Å². The number of hydrogen-bond donors (Lipinski definition) is 1. The van der Waals surface area contributed by atoms with Gasteiger partial charge in [-0.1, -0.05) is 6.08 Å². The first-order valence-electron chi connectivity index (χ1n) is 6.76. The average molecular weight is 312 g/mol. The lowest BCUT2D eigenvalue weighted by molar-refractivity contribution is -0.0953. The topological polar surface area (TPSA) is 49.4 Å². The summed E-state index contributed by atoms with van der Waals surface area (Å²) in [4.78, 5) is 0. The molecule has 0 aromatic rings. The fraction of sp³-hybridized carbons (Fsp3) is 0.833. The number of nitrogens with one attached hydrogen (secondary N) is 1. The monoisotopic (exact) mass is 312 g/mol. The molecule has 1 fully saturated rings. The normalized spacial score (nSPS) is 21.9. The van der Waals surface area contributed by atoms with Gasteiger partial charge >= 0.3 is 6.18 Å². The molecule has 0 atom stereocenters. The van der Waals surface area contributed by atoms with E-state index in [9.17, 15) is 21.6 Å². The minimum atomic E-state index is -4.34. The summed E-state index contributed by atoms with van der Waals surface area (Å²) in [5.74, 6) is -0.0120. The van der Waals surface area contributed by atoms with Gasteiger partial charge in [0, 0.05) is 24.7 Å². The maximum Gasteiger partial charge on any atom is 0.412 e. The summed E-state index contributed by atoms with van der Waals surface area (Å²) >= 11 is 0. The van der Waals surface area contributed by atoms with Crippen LogP contribution in [0.3, 0.4) is 0 Å². The third-order valence-electron chi connectivity index (χ3n) is 3.52. The highest BCUT2D eigenvalue weighted by Crippen LogP contribution is 2.30. The van der Waals surface area contributed by atoms with Crippen LogP contribution in [0.1, 0.15) is 25.7 Å². The summed E-state index contributed by atoms with van der Waals surface area (Å²) in [6.07, 6.45) is -0.852. The van der Waals surface area contributed by atoms with Crippen LogP contribution in [0.15, 0.2) is 11.6 Å². The molecule has 1 aliphatic carbocycles. The molecule has 4 nitrogen and oxygen atoms in total. The second-order valence-electron chi connectivity index (χ2n) is 5.23. The molecular formula is C12H19F3N2O2S. The van der Waals surface area contributed by atoms with Crippen molar-refractivity contribution in [2.75, 3.05) is 25.4 Å². The summed E-state index contributed by atoms with van der Waals surface area (Å²) in [5, 5.41) is 3.22. The van der Waals surface area contributed by atoms with E-state index in [4.69, 9.17) is 0 Å². The highest BCUT2D eigenvalue weighted by atomic mass is 32.2. The van der Waals surface area contributed by atoms with Gasteiger partial charge in [0.1, 0.15) is 0 Å². The van der Waals surface area contributed by atoms with Gasteiger partial charge in [-0.15, -0.1) is 0 Å². The zero-order valence-corrected chi connectivity index (χ0v) is 11.9. The van der Waals surface area contributed by atoms with Gasteiger partial charge in [0.05, 0.1) is 5.75 Å². The third-order valence-corrected chi connectivity index (χ3v) is 5.44. The number of nitrogens with zero attached hydrogens (tertiary/aromatic N) is 1. The Balaban J connectivity index is 1.79. The standard InChI is InChI=1S/C12H19F3N2O2S/c13-12(14,15)10-4-7-17(8-5-10)20(18,19)9-1-6-16-11-2-3-11/h4,11,16H,1-3,5-9H2. The molecule has 2 rings (SSSR count). The van der Waals surface area contributed by atoms with Gasteiger partial charge in [-0.3, -0.25) is 0 Å². The zero-order valence-electron chi connectivity index (χ0n) is 11.1. The molecule has 20 heavy (non-hydrogen) atoms. The molecule has 0 amide bonds. The lowest BCUT2D eigenvalue weighted by Crippen LogP contribution is -2.38. The van der Waals surface area contributed by atoms with E-state index in [0.717, 1.165) is 23.2 Å². The second-order valence-corrected chi connectivity index (χ2v) is 7.32. The molecular weight excluding hydrogens is 293 g/mol. The zero-order chi connectivity index (χ0) is 14.8. The first-order valence-corrected chi connectivity index (χ1v) is 8.37. The molecule has 0 spiro atoms. The van der Waals surface area contributed by atoms with Crippen molar-refractivity contribution in [1.29, 1.82) is 0 Å². The van der Waals surface area contributed by atoms with Crippen LogP contribution in [0.25, 0.3) is 0 Å². The SMILES string of the molecule is O=S(=O)(CCCNC1CC1)N1CC=C(C(F)(F)F)CC1. The summed E-state index contributed by atoms with van der Waals surface area (Å²) in [6, 6.07) is 0.532. The molecule has 0 aromatic heterocycles. The van der Waals surface area contributed by atoms with Crippen molar-refractivity contribution >= 4 is 10.0 Å². The van der Waals surface area contributed by atoms with Crippen LogP contribution in [0.5, 0.6) is 0 Å². The molecule has 1 heterocycles. The van der Waals surface area contributed by atoms with Crippen molar-refractivity contribution in [2.45, 2.75) is 37.9 Å². The molecule has 0 radical (unpaired) electrons. The van der Waals surface area contributed by atoms with Crippen molar-refractivity contribution in [3.8, 4) is 0 Å². The highest BCUT2D eigenvalue weighted by molar-refractivity contribution is 7.89. The van der Waals surface area contributed by atoms with Gasteiger partial charge in [0.25, 0.3) is 0 Å². The Morgan fingerprint density at radius 2 is 2.05 bits per heavy atom. The van der Waals surface area contributed by atoms with Gasteiger partial charge in [-0.05, 0) is 32.2 Å². The largest absolute Gasteiger partial charge is 0.412 e. The molecule has 0 bridgehead atoms. The van der Waals surface area contributed by atoms with Crippen LogP contribution in [0, 0.1) is 0 Å². The first-order chi connectivity index (χ1) is 9.29. The van der Waals surface area contributed by atoms with Gasteiger partial charge < -0.3 is 5.32 Å². The van der Waals surface area contributed by atoms with Crippen molar-refractivity contribution in [1.82, 2.24) is 9.62 Å². The van der Waals surface area contributed by atoms with E-state index in [-0.39, 0.29) is 25.3 Å². The molecule has 0 saturated heterocycles. The molecule has 0 aromatic carbocycles. The minimum absolute atomic E-state index is 0.0120. The molecule has 1 N–H and O–H groups in total. The van der Waals surface area contributed by atoms with Crippen molar-refractivity contribution in [3.63, 3.8) is 0 Å². The molecule has 1 saturated carbocycles. The Labute approximate surface area is 117 Å². The molecule has 0 unspecified atom stereocenters. The van der Waals surface area contributed by atoms with Crippen LogP contribution in [0.2, 0.25) is 0 Å². The van der Waals surface area contributed by atoms with E-state index in [1.807, 2.05) is 0 Å². The van der Waals surface area contributed by atoms with E-state index < -0.39 is 21.8 Å². The fourth-order valence-corrected chi connectivity index (χ4v) is 3.58. The van der Waals surface area contributed by atoms with Crippen LogP contribution < -0.4 is 5.32 Å².